The third kappa shape index (κ3) is 4.48. The van der Waals surface area contributed by atoms with Gasteiger partial charge in [-0.15, -0.1) is 0 Å². The van der Waals surface area contributed by atoms with E-state index in [1.807, 2.05) is 18.7 Å². The Morgan fingerprint density at radius 1 is 1.04 bits per heavy atom. The molecule has 0 saturated carbocycles. The monoisotopic (exact) mass is 408 g/mol. The minimum absolute atomic E-state index is 0.0243. The first-order chi connectivity index (χ1) is 13.3. The standard InChI is InChI=1S/C19H24N2O6S/c1-5-21(6-2)16-9-7-13(11-15(16)19(22)23)20-28(24,25)14-8-10-17(26-3)18(12-14)27-4/h7-12,20H,5-6H2,1-4H3,(H,22,23). The maximum atomic E-state index is 12.7. The van der Waals surface area contributed by atoms with Crippen molar-refractivity contribution in [3.8, 4) is 11.5 Å². The predicted molar refractivity (Wildman–Crippen MR) is 107 cm³/mol. The van der Waals surface area contributed by atoms with E-state index >= 15 is 0 Å². The summed E-state index contributed by atoms with van der Waals surface area (Å²) in [6.07, 6.45) is 0. The summed E-state index contributed by atoms with van der Waals surface area (Å²) in [7, 11) is -1.09. The van der Waals surface area contributed by atoms with Crippen LogP contribution >= 0.6 is 0 Å². The van der Waals surface area contributed by atoms with E-state index < -0.39 is 16.0 Å². The molecule has 0 aromatic heterocycles. The number of hydrogen-bond acceptors (Lipinski definition) is 6. The van der Waals surface area contributed by atoms with Crippen LogP contribution in [0.1, 0.15) is 24.2 Å². The predicted octanol–water partition coefficient (Wildman–Crippen LogP) is 3.05. The van der Waals surface area contributed by atoms with Gasteiger partial charge in [0, 0.05) is 24.8 Å². The molecular formula is C19H24N2O6S. The molecule has 9 heteroatoms. The van der Waals surface area contributed by atoms with Crippen molar-refractivity contribution in [2.45, 2.75) is 18.7 Å². The number of methoxy groups -OCH3 is 2. The van der Waals surface area contributed by atoms with Crippen LogP contribution in [0.3, 0.4) is 0 Å². The number of aromatic carboxylic acids is 1. The number of anilines is 2. The average Bonchev–Trinajstić information content (AvgIpc) is 2.68. The molecule has 0 amide bonds. The van der Waals surface area contributed by atoms with Crippen LogP contribution in [0.25, 0.3) is 0 Å². The van der Waals surface area contributed by atoms with Gasteiger partial charge in [-0.05, 0) is 44.2 Å². The van der Waals surface area contributed by atoms with Gasteiger partial charge < -0.3 is 19.5 Å². The van der Waals surface area contributed by atoms with Gasteiger partial charge in [0.15, 0.2) is 11.5 Å². The molecule has 0 fully saturated rings. The van der Waals surface area contributed by atoms with Gasteiger partial charge in [-0.3, -0.25) is 4.72 Å². The second-order valence-electron chi connectivity index (χ2n) is 5.83. The molecule has 0 atom stereocenters. The minimum Gasteiger partial charge on any atom is -0.493 e. The second-order valence-corrected chi connectivity index (χ2v) is 7.51. The van der Waals surface area contributed by atoms with Crippen molar-refractivity contribution in [3.63, 3.8) is 0 Å². The van der Waals surface area contributed by atoms with Crippen LogP contribution in [0, 0.1) is 0 Å². The van der Waals surface area contributed by atoms with Crippen LogP contribution < -0.4 is 19.1 Å². The highest BCUT2D eigenvalue weighted by Crippen LogP contribution is 2.31. The third-order valence-corrected chi connectivity index (χ3v) is 5.63. The maximum Gasteiger partial charge on any atom is 0.337 e. The number of rotatable bonds is 9. The first-order valence-corrected chi connectivity index (χ1v) is 10.1. The molecule has 0 aliphatic rings. The van der Waals surface area contributed by atoms with E-state index in [9.17, 15) is 18.3 Å². The van der Waals surface area contributed by atoms with Crippen molar-refractivity contribution in [3.05, 3.63) is 42.0 Å². The molecule has 2 aromatic carbocycles. The van der Waals surface area contributed by atoms with Crippen molar-refractivity contribution in [2.75, 3.05) is 36.9 Å². The number of carbonyl (C=O) groups is 1. The number of hydrogen-bond donors (Lipinski definition) is 2. The van der Waals surface area contributed by atoms with E-state index in [2.05, 4.69) is 4.72 Å². The van der Waals surface area contributed by atoms with Gasteiger partial charge in [0.1, 0.15) is 0 Å². The maximum absolute atomic E-state index is 12.7. The number of benzene rings is 2. The van der Waals surface area contributed by atoms with Crippen molar-refractivity contribution in [1.29, 1.82) is 0 Å². The van der Waals surface area contributed by atoms with Gasteiger partial charge in [-0.1, -0.05) is 0 Å². The van der Waals surface area contributed by atoms with Gasteiger partial charge >= 0.3 is 5.97 Å². The number of nitrogens with one attached hydrogen (secondary N) is 1. The number of carboxylic acid groups (broad SMARTS) is 1. The Bertz CT molecular complexity index is 955. The minimum atomic E-state index is -3.95. The molecule has 2 rings (SSSR count). The second kappa shape index (κ2) is 8.83. The van der Waals surface area contributed by atoms with Crippen LogP contribution in [0.2, 0.25) is 0 Å². The molecular weight excluding hydrogens is 384 g/mol. The molecule has 0 heterocycles. The molecule has 8 nitrogen and oxygen atoms in total. The third-order valence-electron chi connectivity index (χ3n) is 4.25. The largest absolute Gasteiger partial charge is 0.493 e. The van der Waals surface area contributed by atoms with E-state index in [0.717, 1.165) is 0 Å². The Kier molecular flexibility index (Phi) is 6.74. The zero-order chi connectivity index (χ0) is 20.9. The highest BCUT2D eigenvalue weighted by molar-refractivity contribution is 7.92. The molecule has 0 aliphatic heterocycles. The Morgan fingerprint density at radius 2 is 1.68 bits per heavy atom. The fourth-order valence-electron chi connectivity index (χ4n) is 2.81. The quantitative estimate of drug-likeness (QED) is 0.657. The lowest BCUT2D eigenvalue weighted by Crippen LogP contribution is -2.24. The molecule has 28 heavy (non-hydrogen) atoms. The molecule has 0 saturated heterocycles. The molecule has 0 aliphatic carbocycles. The van der Waals surface area contributed by atoms with E-state index in [-0.39, 0.29) is 21.9 Å². The summed E-state index contributed by atoms with van der Waals surface area (Å²) in [5, 5.41) is 9.54. The lowest BCUT2D eigenvalue weighted by molar-refractivity contribution is 0.0697. The summed E-state index contributed by atoms with van der Waals surface area (Å²) >= 11 is 0. The lowest BCUT2D eigenvalue weighted by atomic mass is 10.1. The number of nitrogens with zero attached hydrogens (tertiary/aromatic N) is 1. The van der Waals surface area contributed by atoms with Gasteiger partial charge in [-0.2, -0.15) is 0 Å². The smallest absolute Gasteiger partial charge is 0.337 e. The van der Waals surface area contributed by atoms with Crippen molar-refractivity contribution in [1.82, 2.24) is 0 Å². The molecule has 2 aromatic rings. The normalized spacial score (nSPS) is 11.0. The summed E-state index contributed by atoms with van der Waals surface area (Å²) in [6.45, 7) is 5.10. The van der Waals surface area contributed by atoms with E-state index in [1.54, 1.807) is 12.1 Å². The van der Waals surface area contributed by atoms with Crippen molar-refractivity contribution >= 4 is 27.4 Å². The molecule has 152 valence electrons. The summed E-state index contributed by atoms with van der Waals surface area (Å²) in [4.78, 5) is 13.5. The van der Waals surface area contributed by atoms with Crippen LogP contribution in [0.4, 0.5) is 11.4 Å². The van der Waals surface area contributed by atoms with Gasteiger partial charge in [0.2, 0.25) is 0 Å². The van der Waals surface area contributed by atoms with Crippen LogP contribution in [0.15, 0.2) is 41.3 Å². The van der Waals surface area contributed by atoms with Crippen molar-refractivity contribution in [2.24, 2.45) is 0 Å². The number of sulfonamides is 1. The van der Waals surface area contributed by atoms with Crippen LogP contribution in [0.5, 0.6) is 11.5 Å². The highest BCUT2D eigenvalue weighted by Gasteiger charge is 2.20. The summed E-state index contributed by atoms with van der Waals surface area (Å²) in [6, 6.07) is 8.66. The summed E-state index contributed by atoms with van der Waals surface area (Å²) < 4.78 is 38.1. The Morgan fingerprint density at radius 3 is 2.21 bits per heavy atom. The molecule has 0 spiro atoms. The topological polar surface area (TPSA) is 105 Å². The molecule has 0 bridgehead atoms. The zero-order valence-corrected chi connectivity index (χ0v) is 17.0. The summed E-state index contributed by atoms with van der Waals surface area (Å²) in [5.74, 6) is -0.458. The Hall–Kier alpha value is -2.94. The zero-order valence-electron chi connectivity index (χ0n) is 16.2. The fraction of sp³-hybridized carbons (Fsp3) is 0.316. The SMILES string of the molecule is CCN(CC)c1ccc(NS(=O)(=O)c2ccc(OC)c(OC)c2)cc1C(=O)O. The molecule has 0 radical (unpaired) electrons. The van der Waals surface area contributed by atoms with E-state index in [0.29, 0.717) is 24.5 Å². The van der Waals surface area contributed by atoms with Crippen LogP contribution in [-0.4, -0.2) is 46.8 Å². The fourth-order valence-corrected chi connectivity index (χ4v) is 3.87. The summed E-state index contributed by atoms with van der Waals surface area (Å²) in [5.41, 5.74) is 0.714. The Labute approximate surface area is 164 Å². The molecule has 2 N–H and O–H groups in total. The van der Waals surface area contributed by atoms with Crippen LogP contribution in [-0.2, 0) is 10.0 Å². The number of ether oxygens (including phenoxy) is 2. The highest BCUT2D eigenvalue weighted by atomic mass is 32.2. The molecule has 0 unspecified atom stereocenters. The Balaban J connectivity index is 2.41. The number of carboxylic acids is 1. The first kappa shape index (κ1) is 21.4. The van der Waals surface area contributed by atoms with E-state index in [1.165, 1.54) is 38.5 Å². The lowest BCUT2D eigenvalue weighted by Gasteiger charge is -2.23. The van der Waals surface area contributed by atoms with Crippen molar-refractivity contribution < 1.29 is 27.8 Å². The van der Waals surface area contributed by atoms with E-state index in [4.69, 9.17) is 9.47 Å². The van der Waals surface area contributed by atoms with Gasteiger partial charge in [0.05, 0.1) is 30.4 Å². The first-order valence-electron chi connectivity index (χ1n) is 8.64. The van der Waals surface area contributed by atoms with Gasteiger partial charge in [-0.25, -0.2) is 13.2 Å². The van der Waals surface area contributed by atoms with Gasteiger partial charge in [0.25, 0.3) is 10.0 Å². The average molecular weight is 408 g/mol.